The Morgan fingerprint density at radius 3 is 2.68 bits per heavy atom. The van der Waals surface area contributed by atoms with Gasteiger partial charge in [0.25, 0.3) is 5.91 Å². The molecule has 0 bridgehead atoms. The van der Waals surface area contributed by atoms with Crippen molar-refractivity contribution in [2.45, 2.75) is 12.5 Å². The van der Waals surface area contributed by atoms with E-state index in [2.05, 4.69) is 20.6 Å². The van der Waals surface area contributed by atoms with E-state index >= 15 is 0 Å². The normalized spacial score (nSPS) is 18.7. The van der Waals surface area contributed by atoms with Gasteiger partial charge in [0.2, 0.25) is 0 Å². The minimum atomic E-state index is -3.07. The number of aromatic nitrogens is 2. The van der Waals surface area contributed by atoms with Crippen LogP contribution in [0.2, 0.25) is 5.02 Å². The second-order valence-corrected chi connectivity index (χ2v) is 8.25. The fraction of sp³-hybridized carbons (Fsp3) is 0.267. The standard InChI is InChI=1S/C15H14ClFN4O3S/c16-11-5-9(1-2-12(11)17)20-14-7-18-13(6-19-14)15(22)21-10-3-4-25(23,24)8-10/h1-2,5-7,10H,3-4,8H2,(H,19,20)(H,21,22). The SMILES string of the molecule is O=C(NC1CCS(=O)(=O)C1)c1cnc(Nc2ccc(F)c(Cl)c2)cn1. The molecule has 1 aliphatic rings. The summed E-state index contributed by atoms with van der Waals surface area (Å²) in [4.78, 5) is 20.1. The summed E-state index contributed by atoms with van der Waals surface area (Å²) in [7, 11) is -3.07. The number of amides is 1. The number of rotatable bonds is 4. The third-order valence-corrected chi connectivity index (χ3v) is 5.70. The van der Waals surface area contributed by atoms with Crippen LogP contribution in [-0.4, -0.2) is 41.8 Å². The molecule has 25 heavy (non-hydrogen) atoms. The number of nitrogens with one attached hydrogen (secondary N) is 2. The summed E-state index contributed by atoms with van der Waals surface area (Å²) >= 11 is 5.70. The summed E-state index contributed by atoms with van der Waals surface area (Å²) in [6.45, 7) is 0. The fourth-order valence-corrected chi connectivity index (χ4v) is 4.25. The van der Waals surface area contributed by atoms with Crippen molar-refractivity contribution in [3.8, 4) is 0 Å². The van der Waals surface area contributed by atoms with Gasteiger partial charge >= 0.3 is 0 Å². The van der Waals surface area contributed by atoms with Crippen LogP contribution in [0.4, 0.5) is 15.9 Å². The molecule has 10 heteroatoms. The van der Waals surface area contributed by atoms with Gasteiger partial charge in [-0.3, -0.25) is 4.79 Å². The molecule has 1 atom stereocenters. The van der Waals surface area contributed by atoms with E-state index in [1.54, 1.807) is 0 Å². The minimum absolute atomic E-state index is 0.0273. The van der Waals surface area contributed by atoms with E-state index in [4.69, 9.17) is 11.6 Å². The number of sulfone groups is 1. The average molecular weight is 385 g/mol. The smallest absolute Gasteiger partial charge is 0.271 e. The number of anilines is 2. The van der Waals surface area contributed by atoms with Gasteiger partial charge in [-0.05, 0) is 24.6 Å². The lowest BCUT2D eigenvalue weighted by atomic mass is 10.2. The van der Waals surface area contributed by atoms with Crippen molar-refractivity contribution < 1.29 is 17.6 Å². The Balaban J connectivity index is 1.63. The van der Waals surface area contributed by atoms with Gasteiger partial charge in [-0.25, -0.2) is 22.8 Å². The molecular weight excluding hydrogens is 371 g/mol. The monoisotopic (exact) mass is 384 g/mol. The molecule has 1 aromatic heterocycles. The summed E-state index contributed by atoms with van der Waals surface area (Å²) in [6, 6.07) is 3.71. The first-order chi connectivity index (χ1) is 11.8. The van der Waals surface area contributed by atoms with Crippen LogP contribution in [0.1, 0.15) is 16.9 Å². The van der Waals surface area contributed by atoms with Crippen molar-refractivity contribution >= 4 is 38.9 Å². The Bertz CT molecular complexity index is 905. The molecule has 2 aromatic rings. The summed E-state index contributed by atoms with van der Waals surface area (Å²) in [6.07, 6.45) is 3.01. The highest BCUT2D eigenvalue weighted by Crippen LogP contribution is 2.21. The Hall–Kier alpha value is -2.26. The van der Waals surface area contributed by atoms with Crippen LogP contribution in [0.3, 0.4) is 0 Å². The molecule has 0 aliphatic carbocycles. The average Bonchev–Trinajstić information content (AvgIpc) is 2.90. The first-order valence-corrected chi connectivity index (χ1v) is 9.58. The number of benzene rings is 1. The molecule has 0 radical (unpaired) electrons. The predicted octanol–water partition coefficient (Wildman–Crippen LogP) is 1.93. The number of hydrogen-bond acceptors (Lipinski definition) is 6. The van der Waals surface area contributed by atoms with E-state index in [9.17, 15) is 17.6 Å². The highest BCUT2D eigenvalue weighted by atomic mass is 35.5. The lowest BCUT2D eigenvalue weighted by molar-refractivity contribution is 0.0935. The van der Waals surface area contributed by atoms with Gasteiger partial charge in [0.1, 0.15) is 17.3 Å². The lowest BCUT2D eigenvalue weighted by Crippen LogP contribution is -2.36. The molecule has 1 aliphatic heterocycles. The van der Waals surface area contributed by atoms with Crippen LogP contribution in [0.25, 0.3) is 0 Å². The summed E-state index contributed by atoms with van der Waals surface area (Å²) in [5.74, 6) is -0.642. The summed E-state index contributed by atoms with van der Waals surface area (Å²) in [5, 5.41) is 5.49. The van der Waals surface area contributed by atoms with E-state index in [0.29, 0.717) is 17.9 Å². The molecule has 1 amide bonds. The molecule has 0 saturated carbocycles. The molecule has 1 unspecified atom stereocenters. The Morgan fingerprint density at radius 1 is 1.28 bits per heavy atom. The molecular formula is C15H14ClFN4O3S. The van der Waals surface area contributed by atoms with Crippen molar-refractivity contribution in [1.82, 2.24) is 15.3 Å². The van der Waals surface area contributed by atoms with E-state index in [0.717, 1.165) is 0 Å². The molecule has 132 valence electrons. The van der Waals surface area contributed by atoms with Crippen LogP contribution >= 0.6 is 11.6 Å². The van der Waals surface area contributed by atoms with Gasteiger partial charge in [-0.2, -0.15) is 0 Å². The van der Waals surface area contributed by atoms with Crippen LogP contribution in [0.5, 0.6) is 0 Å². The Kier molecular flexibility index (Phi) is 4.87. The van der Waals surface area contributed by atoms with Gasteiger partial charge in [0, 0.05) is 11.7 Å². The summed E-state index contributed by atoms with van der Waals surface area (Å²) in [5.41, 5.74) is 0.598. The van der Waals surface area contributed by atoms with Gasteiger partial charge < -0.3 is 10.6 Å². The number of hydrogen-bond donors (Lipinski definition) is 2. The Labute approximate surface area is 148 Å². The van der Waals surface area contributed by atoms with Crippen LogP contribution in [0, 0.1) is 5.82 Å². The molecule has 2 heterocycles. The van der Waals surface area contributed by atoms with E-state index in [1.165, 1.54) is 30.6 Å². The van der Waals surface area contributed by atoms with Crippen molar-refractivity contribution in [1.29, 1.82) is 0 Å². The maximum Gasteiger partial charge on any atom is 0.271 e. The number of carbonyl (C=O) groups is 1. The molecule has 1 fully saturated rings. The largest absolute Gasteiger partial charge is 0.347 e. The zero-order valence-electron chi connectivity index (χ0n) is 12.9. The number of nitrogens with zero attached hydrogens (tertiary/aromatic N) is 2. The molecule has 0 spiro atoms. The molecule has 3 rings (SSSR count). The quantitative estimate of drug-likeness (QED) is 0.835. The topological polar surface area (TPSA) is 101 Å². The highest BCUT2D eigenvalue weighted by Gasteiger charge is 2.29. The van der Waals surface area contributed by atoms with Crippen molar-refractivity contribution in [3.05, 3.63) is 47.1 Å². The Morgan fingerprint density at radius 2 is 2.08 bits per heavy atom. The maximum absolute atomic E-state index is 13.1. The second kappa shape index (κ2) is 6.93. The third-order valence-electron chi connectivity index (χ3n) is 3.64. The van der Waals surface area contributed by atoms with Crippen LogP contribution in [-0.2, 0) is 9.84 Å². The van der Waals surface area contributed by atoms with Crippen molar-refractivity contribution in [3.63, 3.8) is 0 Å². The van der Waals surface area contributed by atoms with Crippen molar-refractivity contribution in [2.75, 3.05) is 16.8 Å². The predicted molar refractivity (Wildman–Crippen MR) is 91.2 cm³/mol. The molecule has 2 N–H and O–H groups in total. The van der Waals surface area contributed by atoms with E-state index < -0.39 is 27.6 Å². The van der Waals surface area contributed by atoms with Gasteiger partial charge in [0.05, 0.1) is 28.9 Å². The van der Waals surface area contributed by atoms with Gasteiger partial charge in [0.15, 0.2) is 9.84 Å². The van der Waals surface area contributed by atoms with Crippen molar-refractivity contribution in [2.24, 2.45) is 0 Å². The zero-order valence-corrected chi connectivity index (χ0v) is 14.4. The van der Waals surface area contributed by atoms with E-state index in [1.807, 2.05) is 0 Å². The maximum atomic E-state index is 13.1. The third kappa shape index (κ3) is 4.43. The molecule has 7 nitrogen and oxygen atoms in total. The van der Waals surface area contributed by atoms with Crippen LogP contribution in [0.15, 0.2) is 30.6 Å². The number of carbonyl (C=O) groups excluding carboxylic acids is 1. The van der Waals surface area contributed by atoms with Gasteiger partial charge in [-0.15, -0.1) is 0 Å². The first-order valence-electron chi connectivity index (χ1n) is 7.38. The molecule has 1 aromatic carbocycles. The fourth-order valence-electron chi connectivity index (χ4n) is 2.40. The minimum Gasteiger partial charge on any atom is -0.347 e. The summed E-state index contributed by atoms with van der Waals surface area (Å²) < 4.78 is 35.9. The first kappa shape index (κ1) is 17.6. The lowest BCUT2D eigenvalue weighted by Gasteiger charge is -2.10. The number of halogens is 2. The second-order valence-electron chi connectivity index (χ2n) is 5.61. The highest BCUT2D eigenvalue weighted by molar-refractivity contribution is 7.91. The zero-order chi connectivity index (χ0) is 18.0. The molecule has 1 saturated heterocycles. The van der Waals surface area contributed by atoms with Gasteiger partial charge in [-0.1, -0.05) is 11.6 Å². The van der Waals surface area contributed by atoms with E-state index in [-0.39, 0.29) is 22.2 Å². The van der Waals surface area contributed by atoms with Crippen LogP contribution < -0.4 is 10.6 Å².